The van der Waals surface area contributed by atoms with E-state index in [1.54, 1.807) is 24.1 Å². The Kier molecular flexibility index (Phi) is 3.18. The Labute approximate surface area is 104 Å². The molecule has 0 spiro atoms. The van der Waals surface area contributed by atoms with Crippen molar-refractivity contribution in [3.8, 4) is 0 Å². The first-order valence-electron chi connectivity index (χ1n) is 5.77. The van der Waals surface area contributed by atoms with Crippen LogP contribution >= 0.6 is 0 Å². The maximum Gasteiger partial charge on any atom is 0.326 e. The van der Waals surface area contributed by atoms with Gasteiger partial charge in [-0.25, -0.2) is 9.78 Å². The molecule has 6 heteroatoms. The second kappa shape index (κ2) is 4.64. The van der Waals surface area contributed by atoms with Crippen LogP contribution in [0.15, 0.2) is 12.3 Å². The highest BCUT2D eigenvalue weighted by molar-refractivity contribution is 5.99. The van der Waals surface area contributed by atoms with Gasteiger partial charge < -0.3 is 15.7 Å². The molecule has 6 nitrogen and oxygen atoms in total. The van der Waals surface area contributed by atoms with Gasteiger partial charge in [0.05, 0.1) is 5.56 Å². The lowest BCUT2D eigenvalue weighted by atomic mass is 10.1. The monoisotopic (exact) mass is 249 g/mol. The maximum atomic E-state index is 11.5. The molecule has 1 aliphatic heterocycles. The van der Waals surface area contributed by atoms with Crippen LogP contribution in [0, 0.1) is 6.92 Å². The zero-order chi connectivity index (χ0) is 13.3. The summed E-state index contributed by atoms with van der Waals surface area (Å²) in [7, 11) is 0. The summed E-state index contributed by atoms with van der Waals surface area (Å²) in [5.74, 6) is -1.09. The summed E-state index contributed by atoms with van der Waals surface area (Å²) in [6.45, 7) is 2.34. The average molecular weight is 249 g/mol. The van der Waals surface area contributed by atoms with Gasteiger partial charge in [-0.05, 0) is 31.4 Å². The number of nitrogens with zero attached hydrogens (tertiary/aromatic N) is 2. The van der Waals surface area contributed by atoms with Crippen LogP contribution in [0.5, 0.6) is 0 Å². The third-order valence-electron chi connectivity index (χ3n) is 3.20. The highest BCUT2D eigenvalue weighted by atomic mass is 16.4. The van der Waals surface area contributed by atoms with Crippen LogP contribution < -0.4 is 10.6 Å². The molecular weight excluding hydrogens is 234 g/mol. The number of carbonyl (C=O) groups excluding carboxylic acids is 1. The topological polar surface area (TPSA) is 96.5 Å². The van der Waals surface area contributed by atoms with E-state index < -0.39 is 17.9 Å². The van der Waals surface area contributed by atoms with E-state index in [2.05, 4.69) is 4.98 Å². The quantitative estimate of drug-likeness (QED) is 0.815. The van der Waals surface area contributed by atoms with Gasteiger partial charge in [-0.3, -0.25) is 4.79 Å². The molecule has 1 atom stereocenters. The number of pyridine rings is 1. The Morgan fingerprint density at radius 2 is 2.28 bits per heavy atom. The predicted octanol–water partition coefficient (Wildman–Crippen LogP) is 0.542. The molecule has 2 heterocycles. The molecule has 1 unspecified atom stereocenters. The molecule has 18 heavy (non-hydrogen) atoms. The minimum absolute atomic E-state index is 0.311. The van der Waals surface area contributed by atoms with Gasteiger partial charge in [-0.1, -0.05) is 0 Å². The van der Waals surface area contributed by atoms with Gasteiger partial charge in [0, 0.05) is 12.7 Å². The van der Waals surface area contributed by atoms with E-state index in [1.807, 2.05) is 0 Å². The summed E-state index contributed by atoms with van der Waals surface area (Å²) in [4.78, 5) is 28.4. The molecule has 3 N–H and O–H groups in total. The van der Waals surface area contributed by atoms with Crippen molar-refractivity contribution >= 4 is 17.7 Å². The molecule has 2 rings (SSSR count). The molecular formula is C12H15N3O3. The highest BCUT2D eigenvalue weighted by Gasteiger charge is 2.33. The normalized spacial score (nSPS) is 18.9. The predicted molar refractivity (Wildman–Crippen MR) is 65.5 cm³/mol. The number of hydrogen-bond acceptors (Lipinski definition) is 4. The molecule has 96 valence electrons. The summed E-state index contributed by atoms with van der Waals surface area (Å²) in [6, 6.07) is 1.06. The number of primary amides is 1. The van der Waals surface area contributed by atoms with E-state index in [1.165, 1.54) is 0 Å². The fourth-order valence-electron chi connectivity index (χ4n) is 2.34. The number of hydrogen-bond donors (Lipinski definition) is 2. The second-order valence-corrected chi connectivity index (χ2v) is 4.38. The first-order valence-corrected chi connectivity index (χ1v) is 5.77. The fourth-order valence-corrected chi connectivity index (χ4v) is 2.34. The minimum atomic E-state index is -0.897. The van der Waals surface area contributed by atoms with Crippen molar-refractivity contribution in [3.63, 3.8) is 0 Å². The molecule has 0 aromatic carbocycles. The van der Waals surface area contributed by atoms with E-state index in [9.17, 15) is 9.59 Å². The lowest BCUT2D eigenvalue weighted by Crippen LogP contribution is -2.38. The van der Waals surface area contributed by atoms with E-state index in [4.69, 9.17) is 10.8 Å². The molecule has 0 bridgehead atoms. The fraction of sp³-hybridized carbons (Fsp3) is 0.417. The largest absolute Gasteiger partial charge is 0.480 e. The average Bonchev–Trinajstić information content (AvgIpc) is 2.76. The number of nitrogens with two attached hydrogens (primary N) is 1. The number of aromatic nitrogens is 1. The summed E-state index contributed by atoms with van der Waals surface area (Å²) in [5, 5.41) is 9.16. The van der Waals surface area contributed by atoms with Crippen molar-refractivity contribution in [2.24, 2.45) is 5.73 Å². The van der Waals surface area contributed by atoms with Crippen molar-refractivity contribution in [2.45, 2.75) is 25.8 Å². The SMILES string of the molecule is Cc1ccnc(N2CCCC2C(=O)O)c1C(N)=O. The van der Waals surface area contributed by atoms with Crippen LogP contribution in [-0.2, 0) is 4.79 Å². The number of anilines is 1. The molecule has 0 radical (unpaired) electrons. The first-order chi connectivity index (χ1) is 8.52. The molecule has 1 aromatic heterocycles. The standard InChI is InChI=1S/C12H15N3O3/c1-7-4-5-14-11(9(7)10(13)16)15-6-2-3-8(15)12(17)18/h4-5,8H,2-3,6H2,1H3,(H2,13,16)(H,17,18). The van der Waals surface area contributed by atoms with E-state index >= 15 is 0 Å². The van der Waals surface area contributed by atoms with Gasteiger partial charge >= 0.3 is 5.97 Å². The molecule has 1 aliphatic rings. The summed E-state index contributed by atoms with van der Waals surface area (Å²) in [5.41, 5.74) is 6.37. The lowest BCUT2D eigenvalue weighted by molar-refractivity contribution is -0.138. The zero-order valence-electron chi connectivity index (χ0n) is 10.1. The Morgan fingerprint density at radius 1 is 1.56 bits per heavy atom. The van der Waals surface area contributed by atoms with Crippen LogP contribution in [0.1, 0.15) is 28.8 Å². The molecule has 1 saturated heterocycles. The van der Waals surface area contributed by atoms with Gasteiger partial charge in [0.1, 0.15) is 11.9 Å². The maximum absolute atomic E-state index is 11.5. The third-order valence-corrected chi connectivity index (χ3v) is 3.20. The number of aryl methyl sites for hydroxylation is 1. The number of aliphatic carboxylic acids is 1. The molecule has 1 amide bonds. The second-order valence-electron chi connectivity index (χ2n) is 4.38. The number of rotatable bonds is 3. The van der Waals surface area contributed by atoms with Crippen molar-refractivity contribution < 1.29 is 14.7 Å². The third kappa shape index (κ3) is 2.01. The van der Waals surface area contributed by atoms with Gasteiger partial charge in [0.2, 0.25) is 0 Å². The van der Waals surface area contributed by atoms with Crippen molar-refractivity contribution in [3.05, 3.63) is 23.4 Å². The van der Waals surface area contributed by atoms with Crippen LogP contribution in [-0.4, -0.2) is 34.6 Å². The summed E-state index contributed by atoms with van der Waals surface area (Å²) < 4.78 is 0. The highest BCUT2D eigenvalue weighted by Crippen LogP contribution is 2.28. The van der Waals surface area contributed by atoms with Crippen LogP contribution in [0.2, 0.25) is 0 Å². The Morgan fingerprint density at radius 3 is 2.89 bits per heavy atom. The van der Waals surface area contributed by atoms with E-state index in [0.717, 1.165) is 6.42 Å². The Balaban J connectivity index is 2.48. The van der Waals surface area contributed by atoms with Gasteiger partial charge in [0.25, 0.3) is 5.91 Å². The summed E-state index contributed by atoms with van der Waals surface area (Å²) in [6.07, 6.45) is 2.89. The van der Waals surface area contributed by atoms with Crippen molar-refractivity contribution in [1.82, 2.24) is 4.98 Å². The molecule has 1 aromatic rings. The van der Waals surface area contributed by atoms with E-state index in [0.29, 0.717) is 29.9 Å². The van der Waals surface area contributed by atoms with Crippen molar-refractivity contribution in [1.29, 1.82) is 0 Å². The number of carboxylic acids is 1. The van der Waals surface area contributed by atoms with Crippen LogP contribution in [0.3, 0.4) is 0 Å². The number of carbonyl (C=O) groups is 2. The van der Waals surface area contributed by atoms with Gasteiger partial charge in [-0.2, -0.15) is 0 Å². The van der Waals surface area contributed by atoms with Crippen LogP contribution in [0.25, 0.3) is 0 Å². The number of carboxylic acid groups (broad SMARTS) is 1. The summed E-state index contributed by atoms with van der Waals surface area (Å²) >= 11 is 0. The van der Waals surface area contributed by atoms with E-state index in [-0.39, 0.29) is 0 Å². The zero-order valence-corrected chi connectivity index (χ0v) is 10.1. The Bertz CT molecular complexity index is 501. The van der Waals surface area contributed by atoms with Gasteiger partial charge in [-0.15, -0.1) is 0 Å². The van der Waals surface area contributed by atoms with Gasteiger partial charge in [0.15, 0.2) is 0 Å². The smallest absolute Gasteiger partial charge is 0.326 e. The molecule has 1 fully saturated rings. The van der Waals surface area contributed by atoms with Crippen molar-refractivity contribution in [2.75, 3.05) is 11.4 Å². The van der Waals surface area contributed by atoms with Crippen LogP contribution in [0.4, 0.5) is 5.82 Å². The Hall–Kier alpha value is -2.11. The number of amides is 1. The molecule has 0 aliphatic carbocycles. The first kappa shape index (κ1) is 12.3. The molecule has 0 saturated carbocycles. The lowest BCUT2D eigenvalue weighted by Gasteiger charge is -2.24. The minimum Gasteiger partial charge on any atom is -0.480 e.